The molecule has 0 unspecified atom stereocenters. The number of nitrogens with one attached hydrogen (secondary N) is 3. The fourth-order valence-corrected chi connectivity index (χ4v) is 6.66. The number of aromatic nitrogens is 8. The van der Waals surface area contributed by atoms with Crippen molar-refractivity contribution >= 4 is 57.6 Å². The van der Waals surface area contributed by atoms with E-state index in [2.05, 4.69) is 30.9 Å². The van der Waals surface area contributed by atoms with E-state index in [1.54, 1.807) is 47.1 Å². The molecule has 0 fully saturated rings. The molecule has 0 atom stereocenters. The number of anilines is 2. The Morgan fingerprint density at radius 3 is 1.87 bits per heavy atom. The van der Waals surface area contributed by atoms with Gasteiger partial charge >= 0.3 is 0 Å². The lowest BCUT2D eigenvalue weighted by Crippen LogP contribution is -2.20. The number of aryl methyl sites for hydroxylation is 5. The van der Waals surface area contributed by atoms with Gasteiger partial charge in [0.2, 0.25) is 23.7 Å². The number of carbonyl (C=O) groups excluding carboxylic acids is 4. The third kappa shape index (κ3) is 6.86. The van der Waals surface area contributed by atoms with Crippen LogP contribution in [0.2, 0.25) is 0 Å². The predicted molar refractivity (Wildman–Crippen MR) is 196 cm³/mol. The van der Waals surface area contributed by atoms with E-state index in [4.69, 9.17) is 16.5 Å². The highest BCUT2D eigenvalue weighted by Crippen LogP contribution is 2.26. The van der Waals surface area contributed by atoms with Crippen molar-refractivity contribution in [2.45, 2.75) is 79.4 Å². The van der Waals surface area contributed by atoms with Crippen LogP contribution < -0.4 is 22.1 Å². The first kappa shape index (κ1) is 35.5. The van der Waals surface area contributed by atoms with E-state index in [0.717, 1.165) is 47.2 Å². The highest BCUT2D eigenvalue weighted by atomic mass is 16.2. The van der Waals surface area contributed by atoms with Gasteiger partial charge in [-0.15, -0.1) is 0 Å². The van der Waals surface area contributed by atoms with Crippen LogP contribution in [-0.4, -0.2) is 62.7 Å². The zero-order valence-corrected chi connectivity index (χ0v) is 28.3. The number of hydrogen-bond donors (Lipinski definition) is 5. The lowest BCUT2D eigenvalue weighted by Gasteiger charge is -2.13. The molecule has 1 aliphatic heterocycles. The van der Waals surface area contributed by atoms with Crippen LogP contribution in [0.25, 0.3) is 22.1 Å². The second-order valence-corrected chi connectivity index (χ2v) is 12.8. The molecule has 16 nitrogen and oxygen atoms in total. The molecule has 52 heavy (non-hydrogen) atoms. The lowest BCUT2D eigenvalue weighted by atomic mass is 10.0. The van der Waals surface area contributed by atoms with Gasteiger partial charge in [-0.05, 0) is 88.4 Å². The van der Waals surface area contributed by atoms with Crippen LogP contribution in [0.4, 0.5) is 11.9 Å². The van der Waals surface area contributed by atoms with E-state index in [1.807, 2.05) is 23.0 Å². The first-order chi connectivity index (χ1) is 24.6. The second-order valence-electron chi connectivity index (χ2n) is 12.8. The van der Waals surface area contributed by atoms with E-state index in [0.29, 0.717) is 84.3 Å². The molecular weight excluding hydrogens is 664 g/mol. The molecule has 0 saturated carbocycles. The molecule has 0 radical (unpaired) electrons. The van der Waals surface area contributed by atoms with Gasteiger partial charge in [0.15, 0.2) is 5.69 Å². The van der Waals surface area contributed by atoms with Gasteiger partial charge in [-0.3, -0.25) is 39.6 Å². The Hall–Kier alpha value is -6.32. The molecule has 0 bridgehead atoms. The number of imidazole rings is 2. The zero-order chi connectivity index (χ0) is 35.8. The molecule has 0 saturated heterocycles. The minimum Gasteiger partial charge on any atom is -0.366 e. The van der Waals surface area contributed by atoms with Crippen molar-refractivity contribution in [3.05, 3.63) is 81.9 Å². The molecule has 16 heteroatoms. The highest BCUT2D eigenvalue weighted by Gasteiger charge is 2.23. The number of primary amides is 2. The van der Waals surface area contributed by atoms with Crippen molar-refractivity contribution in [3.63, 3.8) is 0 Å². The minimum atomic E-state index is -0.577. The molecule has 6 aromatic rings. The summed E-state index contributed by atoms with van der Waals surface area (Å²) >= 11 is 0. The molecule has 5 heterocycles. The molecule has 4 aromatic heterocycles. The quantitative estimate of drug-likeness (QED) is 0.172. The van der Waals surface area contributed by atoms with E-state index < -0.39 is 17.7 Å². The third-order valence-corrected chi connectivity index (χ3v) is 9.25. The summed E-state index contributed by atoms with van der Waals surface area (Å²) < 4.78 is 5.52. The van der Waals surface area contributed by atoms with Crippen molar-refractivity contribution in [1.82, 2.24) is 39.1 Å². The summed E-state index contributed by atoms with van der Waals surface area (Å²) in [6.45, 7) is 5.20. The third-order valence-electron chi connectivity index (χ3n) is 9.25. The predicted octanol–water partition coefficient (Wildman–Crippen LogP) is 4.47. The number of amides is 4. The number of aromatic amines is 1. The number of benzene rings is 2. The summed E-state index contributed by atoms with van der Waals surface area (Å²) in [5, 5.41) is 17.8. The Bertz CT molecular complexity index is 2280. The Labute approximate surface area is 299 Å². The molecule has 4 amide bonds. The number of H-pyrrole nitrogens is 1. The van der Waals surface area contributed by atoms with Crippen LogP contribution in [0.15, 0.2) is 42.5 Å². The maximum atomic E-state index is 13.7. The van der Waals surface area contributed by atoms with Crippen LogP contribution in [0.5, 0.6) is 0 Å². The number of rotatable bonds is 2. The Balaban J connectivity index is 0.00000464. The van der Waals surface area contributed by atoms with Crippen molar-refractivity contribution in [1.29, 1.82) is 0 Å². The summed E-state index contributed by atoms with van der Waals surface area (Å²) in [5.41, 5.74) is 17.3. The van der Waals surface area contributed by atoms with Gasteiger partial charge < -0.3 is 20.6 Å². The fraction of sp³-hybridized carbons (Fsp3) is 0.333. The molecule has 0 aliphatic carbocycles. The summed E-state index contributed by atoms with van der Waals surface area (Å²) in [4.78, 5) is 60.7. The van der Waals surface area contributed by atoms with Crippen molar-refractivity contribution < 1.29 is 19.2 Å². The summed E-state index contributed by atoms with van der Waals surface area (Å²) in [6.07, 6.45) is 4.26. The number of carbonyl (C=O) groups is 4. The standard InChI is InChI=1S/C35H38N12O4.CH4/c1-19-16-28-32(50)40-34-38-24-17-21(30(36)48)9-11-26(24)45(34)13-6-7-14-46-27-12-10-22(31(37)49)18-25(27)39-35(46)41-33(51)29-23(20(2)42-43-29)8-4-3-5-15-47(28)44-19;/h9-12,16-18H,3-8,13-15H2,1-2H3,(H2,36,48)(H2,37,49)(H,42,43)(H,38,40,50)(H,39,41,51);1H4. The van der Waals surface area contributed by atoms with E-state index in [1.165, 1.54) is 0 Å². The smallest absolute Gasteiger partial charge is 0.278 e. The molecule has 0 spiro atoms. The van der Waals surface area contributed by atoms with Crippen LogP contribution in [0.1, 0.15) is 98.2 Å². The number of nitrogens with zero attached hydrogens (tertiary/aromatic N) is 7. The van der Waals surface area contributed by atoms with Crippen LogP contribution in [0.3, 0.4) is 0 Å². The Morgan fingerprint density at radius 1 is 0.731 bits per heavy atom. The van der Waals surface area contributed by atoms with Gasteiger partial charge in [-0.1, -0.05) is 13.8 Å². The second kappa shape index (κ2) is 14.5. The number of fused-ring (bicyclic) bond motifs is 8. The van der Waals surface area contributed by atoms with Gasteiger partial charge in [-0.2, -0.15) is 10.2 Å². The average molecular weight is 707 g/mol. The van der Waals surface area contributed by atoms with Crippen molar-refractivity contribution in [2.24, 2.45) is 11.5 Å². The number of nitrogens with two attached hydrogens (primary N) is 2. The Morgan fingerprint density at radius 2 is 1.29 bits per heavy atom. The van der Waals surface area contributed by atoms with Gasteiger partial charge in [-0.25, -0.2) is 9.97 Å². The van der Waals surface area contributed by atoms with E-state index in [-0.39, 0.29) is 13.3 Å². The summed E-state index contributed by atoms with van der Waals surface area (Å²) in [7, 11) is 0. The summed E-state index contributed by atoms with van der Waals surface area (Å²) in [5.74, 6) is -1.24. The molecule has 2 aromatic carbocycles. The van der Waals surface area contributed by atoms with Gasteiger partial charge in [0.25, 0.3) is 11.8 Å². The van der Waals surface area contributed by atoms with Gasteiger partial charge in [0.05, 0.1) is 27.8 Å². The molecule has 270 valence electrons. The lowest BCUT2D eigenvalue weighted by molar-refractivity contribution is 0.0992. The molecular formula is C36H42N12O4. The normalized spacial score (nSPS) is 14.6. The summed E-state index contributed by atoms with van der Waals surface area (Å²) in [6, 6.07) is 11.8. The highest BCUT2D eigenvalue weighted by molar-refractivity contribution is 6.05. The van der Waals surface area contributed by atoms with Crippen molar-refractivity contribution in [2.75, 3.05) is 10.6 Å². The largest absolute Gasteiger partial charge is 0.366 e. The SMILES string of the molecule is C.Cc1cc2n(n1)CCCCCc1c(n[nH]c1C)C(=O)Nc1nc3cc(C(N)=O)ccc3n1CCCCn1c(nc3cc(C(N)=O)ccc31)NC2=O. The van der Waals surface area contributed by atoms with E-state index in [9.17, 15) is 19.2 Å². The zero-order valence-electron chi connectivity index (χ0n) is 28.3. The fourth-order valence-electron chi connectivity index (χ4n) is 6.66. The molecule has 7 rings (SSSR count). The first-order valence-electron chi connectivity index (χ1n) is 16.9. The minimum absolute atomic E-state index is 0. The number of hydrogen-bond acceptors (Lipinski definition) is 8. The van der Waals surface area contributed by atoms with Crippen LogP contribution in [-0.2, 0) is 26.1 Å². The van der Waals surface area contributed by atoms with Crippen LogP contribution in [0, 0.1) is 13.8 Å². The maximum Gasteiger partial charge on any atom is 0.278 e. The monoisotopic (exact) mass is 706 g/mol. The van der Waals surface area contributed by atoms with Crippen molar-refractivity contribution in [3.8, 4) is 0 Å². The van der Waals surface area contributed by atoms with E-state index >= 15 is 0 Å². The Kier molecular flexibility index (Phi) is 9.90. The van der Waals surface area contributed by atoms with Gasteiger partial charge in [0.1, 0.15) is 5.69 Å². The van der Waals surface area contributed by atoms with Gasteiger partial charge in [0, 0.05) is 42.0 Å². The topological polar surface area (TPSA) is 227 Å². The first-order valence-corrected chi connectivity index (χ1v) is 16.9. The average Bonchev–Trinajstić information content (AvgIpc) is 3.84. The van der Waals surface area contributed by atoms with Crippen LogP contribution >= 0.6 is 0 Å². The molecule has 1 aliphatic rings. The molecule has 7 N–H and O–H groups in total. The maximum absolute atomic E-state index is 13.7.